The van der Waals surface area contributed by atoms with E-state index in [2.05, 4.69) is 12.2 Å². The number of phenols is 1. The van der Waals surface area contributed by atoms with Crippen molar-refractivity contribution in [3.8, 4) is 5.75 Å². The third kappa shape index (κ3) is 11.2. The molecule has 3 nitrogen and oxygen atoms in total. The van der Waals surface area contributed by atoms with Crippen LogP contribution in [0.1, 0.15) is 107 Å². The van der Waals surface area contributed by atoms with E-state index in [1.807, 2.05) is 0 Å². The van der Waals surface area contributed by atoms with Crippen LogP contribution in [-0.2, 0) is 0 Å². The highest BCUT2D eigenvalue weighted by Crippen LogP contribution is 2.15. The van der Waals surface area contributed by atoms with E-state index in [1.54, 1.807) is 24.3 Å². The van der Waals surface area contributed by atoms with Crippen molar-refractivity contribution in [1.82, 2.24) is 5.32 Å². The van der Waals surface area contributed by atoms with Gasteiger partial charge in [-0.2, -0.15) is 0 Å². The second-order valence-corrected chi connectivity index (χ2v) is 7.37. The van der Waals surface area contributed by atoms with Gasteiger partial charge in [-0.05, 0) is 18.6 Å². The van der Waals surface area contributed by atoms with E-state index in [1.165, 1.54) is 83.5 Å². The van der Waals surface area contributed by atoms with Crippen LogP contribution >= 0.6 is 0 Å². The Bertz CT molecular complexity index is 473. The van der Waals surface area contributed by atoms with Crippen molar-refractivity contribution in [3.05, 3.63) is 29.8 Å². The maximum Gasteiger partial charge on any atom is 0.255 e. The number of aromatic hydroxyl groups is 1. The van der Waals surface area contributed by atoms with Crippen LogP contribution in [0.15, 0.2) is 24.3 Å². The molecule has 0 bridgehead atoms. The smallest absolute Gasteiger partial charge is 0.255 e. The molecule has 1 amide bonds. The molecule has 0 unspecified atom stereocenters. The molecule has 0 aliphatic rings. The topological polar surface area (TPSA) is 49.3 Å². The second kappa shape index (κ2) is 15.7. The monoisotopic (exact) mass is 361 g/mol. The lowest BCUT2D eigenvalue weighted by atomic mass is 10.0. The van der Waals surface area contributed by atoms with Crippen LogP contribution in [0.4, 0.5) is 0 Å². The number of hydrogen-bond donors (Lipinski definition) is 2. The Balaban J connectivity index is 1.84. The van der Waals surface area contributed by atoms with Crippen LogP contribution in [0.5, 0.6) is 5.75 Å². The number of benzene rings is 1. The lowest BCUT2D eigenvalue weighted by Crippen LogP contribution is -2.24. The number of carbonyl (C=O) groups is 1. The summed E-state index contributed by atoms with van der Waals surface area (Å²) in [6, 6.07) is 6.68. The van der Waals surface area contributed by atoms with Crippen molar-refractivity contribution < 1.29 is 9.90 Å². The SMILES string of the molecule is CCCCCCCCCCCCCCCCNC(=O)c1ccccc1O. The lowest BCUT2D eigenvalue weighted by molar-refractivity contribution is 0.0950. The van der Waals surface area contributed by atoms with Crippen molar-refractivity contribution in [2.24, 2.45) is 0 Å². The molecule has 0 aliphatic heterocycles. The predicted octanol–water partition coefficient (Wildman–Crippen LogP) is 6.60. The van der Waals surface area contributed by atoms with Crippen LogP contribution < -0.4 is 5.32 Å². The molecule has 2 N–H and O–H groups in total. The van der Waals surface area contributed by atoms with E-state index in [4.69, 9.17) is 0 Å². The molecule has 3 heteroatoms. The fourth-order valence-electron chi connectivity index (χ4n) is 3.28. The fourth-order valence-corrected chi connectivity index (χ4v) is 3.28. The molecule has 0 saturated heterocycles. The average Bonchev–Trinajstić information content (AvgIpc) is 2.65. The average molecular weight is 362 g/mol. The van der Waals surface area contributed by atoms with E-state index in [0.717, 1.165) is 6.42 Å². The zero-order valence-corrected chi connectivity index (χ0v) is 16.8. The molecule has 0 aliphatic carbocycles. The Morgan fingerprint density at radius 1 is 0.769 bits per heavy atom. The number of amides is 1. The molecular formula is C23H39NO2. The van der Waals surface area contributed by atoms with Gasteiger partial charge >= 0.3 is 0 Å². The van der Waals surface area contributed by atoms with Crippen LogP contribution in [0.3, 0.4) is 0 Å². The molecule has 0 saturated carbocycles. The summed E-state index contributed by atoms with van der Waals surface area (Å²) in [5.41, 5.74) is 0.359. The molecule has 148 valence electrons. The van der Waals surface area contributed by atoms with Gasteiger partial charge in [0.25, 0.3) is 5.91 Å². The van der Waals surface area contributed by atoms with Gasteiger partial charge in [0, 0.05) is 6.54 Å². The molecule has 0 fully saturated rings. The number of hydrogen-bond acceptors (Lipinski definition) is 2. The zero-order chi connectivity index (χ0) is 18.9. The lowest BCUT2D eigenvalue weighted by Gasteiger charge is -2.06. The van der Waals surface area contributed by atoms with Crippen LogP contribution in [-0.4, -0.2) is 17.6 Å². The largest absolute Gasteiger partial charge is 0.507 e. The summed E-state index contributed by atoms with van der Waals surface area (Å²) >= 11 is 0. The molecule has 0 radical (unpaired) electrons. The Kier molecular flexibility index (Phi) is 13.6. The highest BCUT2D eigenvalue weighted by atomic mass is 16.3. The third-order valence-corrected chi connectivity index (χ3v) is 4.96. The first kappa shape index (κ1) is 22.5. The molecule has 0 heterocycles. The van der Waals surface area contributed by atoms with E-state index in [9.17, 15) is 9.90 Å². The van der Waals surface area contributed by atoms with Gasteiger partial charge in [-0.3, -0.25) is 4.79 Å². The molecule has 26 heavy (non-hydrogen) atoms. The van der Waals surface area contributed by atoms with Gasteiger partial charge in [0.05, 0.1) is 5.56 Å². The van der Waals surface area contributed by atoms with Crippen molar-refractivity contribution in [1.29, 1.82) is 0 Å². The van der Waals surface area contributed by atoms with Gasteiger partial charge in [0.15, 0.2) is 0 Å². The van der Waals surface area contributed by atoms with Crippen molar-refractivity contribution in [2.45, 2.75) is 96.8 Å². The third-order valence-electron chi connectivity index (χ3n) is 4.96. The predicted molar refractivity (Wildman–Crippen MR) is 111 cm³/mol. The molecule has 1 aromatic carbocycles. The Labute approximate surface area is 160 Å². The van der Waals surface area contributed by atoms with Crippen molar-refractivity contribution in [2.75, 3.05) is 6.54 Å². The summed E-state index contributed by atoms with van der Waals surface area (Å²) in [7, 11) is 0. The summed E-state index contributed by atoms with van der Waals surface area (Å²) in [6.07, 6.45) is 18.7. The van der Waals surface area contributed by atoms with Gasteiger partial charge < -0.3 is 10.4 Å². The standard InChI is InChI=1S/C23H39NO2/c1-2-3-4-5-6-7-8-9-10-11-12-13-14-17-20-24-23(26)21-18-15-16-19-22(21)25/h15-16,18-19,25H,2-14,17,20H2,1H3,(H,24,26). The first-order valence-corrected chi connectivity index (χ1v) is 10.8. The number of rotatable bonds is 16. The van der Waals surface area contributed by atoms with E-state index in [-0.39, 0.29) is 11.7 Å². The molecular weight excluding hydrogens is 322 g/mol. The van der Waals surface area contributed by atoms with Crippen molar-refractivity contribution >= 4 is 5.91 Å². The molecule has 0 aromatic heterocycles. The van der Waals surface area contributed by atoms with E-state index < -0.39 is 0 Å². The minimum absolute atomic E-state index is 0.0472. The number of phenolic OH excluding ortho intramolecular Hbond substituents is 1. The maximum atomic E-state index is 11.9. The van der Waals surface area contributed by atoms with E-state index >= 15 is 0 Å². The van der Waals surface area contributed by atoms with E-state index in [0.29, 0.717) is 12.1 Å². The number of nitrogens with one attached hydrogen (secondary N) is 1. The minimum atomic E-state index is -0.183. The van der Waals surface area contributed by atoms with Crippen LogP contribution in [0.25, 0.3) is 0 Å². The maximum absolute atomic E-state index is 11.9. The minimum Gasteiger partial charge on any atom is -0.507 e. The van der Waals surface area contributed by atoms with Crippen LogP contribution in [0.2, 0.25) is 0 Å². The number of para-hydroxylation sites is 1. The van der Waals surface area contributed by atoms with Crippen LogP contribution in [0, 0.1) is 0 Å². The second-order valence-electron chi connectivity index (χ2n) is 7.37. The summed E-state index contributed by atoms with van der Waals surface area (Å²) in [5.74, 6) is -0.135. The normalized spacial score (nSPS) is 10.8. The fraction of sp³-hybridized carbons (Fsp3) is 0.696. The van der Waals surface area contributed by atoms with Gasteiger partial charge in [0.1, 0.15) is 5.75 Å². The summed E-state index contributed by atoms with van der Waals surface area (Å²) in [4.78, 5) is 11.9. The molecule has 0 atom stereocenters. The summed E-state index contributed by atoms with van der Waals surface area (Å²) < 4.78 is 0. The molecule has 1 rings (SSSR count). The summed E-state index contributed by atoms with van der Waals surface area (Å²) in [5, 5.41) is 12.5. The number of carbonyl (C=O) groups excluding carboxylic acids is 1. The Hall–Kier alpha value is -1.51. The highest BCUT2D eigenvalue weighted by molar-refractivity contribution is 5.96. The van der Waals surface area contributed by atoms with Crippen molar-refractivity contribution in [3.63, 3.8) is 0 Å². The van der Waals surface area contributed by atoms with Gasteiger partial charge in [-0.25, -0.2) is 0 Å². The first-order valence-electron chi connectivity index (χ1n) is 10.8. The Morgan fingerprint density at radius 3 is 1.73 bits per heavy atom. The van der Waals surface area contributed by atoms with Gasteiger partial charge in [-0.15, -0.1) is 0 Å². The molecule has 1 aromatic rings. The highest BCUT2D eigenvalue weighted by Gasteiger charge is 2.08. The quantitative estimate of drug-likeness (QED) is 0.326. The van der Waals surface area contributed by atoms with Gasteiger partial charge in [0.2, 0.25) is 0 Å². The summed E-state index contributed by atoms with van der Waals surface area (Å²) in [6.45, 7) is 2.96. The van der Waals surface area contributed by atoms with Gasteiger partial charge in [-0.1, -0.05) is 103 Å². The Morgan fingerprint density at radius 2 is 1.23 bits per heavy atom. The number of unbranched alkanes of at least 4 members (excludes halogenated alkanes) is 13. The zero-order valence-electron chi connectivity index (χ0n) is 16.8. The first-order chi connectivity index (χ1) is 12.8. The molecule has 0 spiro atoms.